The van der Waals surface area contributed by atoms with Crippen LogP contribution in [0.3, 0.4) is 0 Å². The van der Waals surface area contributed by atoms with Crippen LogP contribution in [0, 0.1) is 22.7 Å². The Bertz CT molecular complexity index is 860. The Balaban J connectivity index is 1.31. The van der Waals surface area contributed by atoms with Crippen molar-refractivity contribution in [3.05, 3.63) is 47.5 Å². The van der Waals surface area contributed by atoms with Gasteiger partial charge in [0.15, 0.2) is 6.29 Å². The Morgan fingerprint density at radius 1 is 1.15 bits per heavy atom. The van der Waals surface area contributed by atoms with Crippen LogP contribution in [0.4, 0.5) is 0 Å². The Morgan fingerprint density at radius 3 is 2.79 bits per heavy atom. The average molecular weight is 455 g/mol. The SMILES string of the molecule is C[C@@H]1CC=C2[C@H]3[C@@H](CC[C@@]2(C)COCc2ccccc2)OC(=O)[C@@]13CCOC1CCCCO1. The van der Waals surface area contributed by atoms with Gasteiger partial charge in [0.2, 0.25) is 0 Å². The molecule has 0 aromatic heterocycles. The molecule has 1 aromatic rings. The van der Waals surface area contributed by atoms with E-state index in [1.165, 1.54) is 11.1 Å². The minimum atomic E-state index is -0.496. The smallest absolute Gasteiger partial charge is 0.313 e. The number of hydrogen-bond donors (Lipinski definition) is 0. The molecular formula is C28H38O5. The molecule has 3 fully saturated rings. The van der Waals surface area contributed by atoms with E-state index >= 15 is 0 Å². The number of esters is 1. The largest absolute Gasteiger partial charge is 0.461 e. The Hall–Kier alpha value is -1.69. The molecule has 33 heavy (non-hydrogen) atoms. The third kappa shape index (κ3) is 4.28. The molecule has 5 nitrogen and oxygen atoms in total. The Morgan fingerprint density at radius 2 is 2.00 bits per heavy atom. The molecular weight excluding hydrogens is 416 g/mol. The maximum absolute atomic E-state index is 13.4. The van der Waals surface area contributed by atoms with E-state index in [4.69, 9.17) is 18.9 Å². The lowest BCUT2D eigenvalue weighted by Crippen LogP contribution is -2.50. The summed E-state index contributed by atoms with van der Waals surface area (Å²) in [5.41, 5.74) is 2.01. The normalized spacial score (nSPS) is 37.9. The predicted molar refractivity (Wildman–Crippen MR) is 125 cm³/mol. The zero-order valence-corrected chi connectivity index (χ0v) is 20.1. The summed E-state index contributed by atoms with van der Waals surface area (Å²) >= 11 is 0. The van der Waals surface area contributed by atoms with Gasteiger partial charge in [0.05, 0.1) is 25.2 Å². The summed E-state index contributed by atoms with van der Waals surface area (Å²) < 4.78 is 24.1. The zero-order chi connectivity index (χ0) is 22.9. The van der Waals surface area contributed by atoms with Crippen LogP contribution in [0.5, 0.6) is 0 Å². The average Bonchev–Trinajstić information content (AvgIpc) is 3.12. The second kappa shape index (κ2) is 9.52. The fourth-order valence-electron chi connectivity index (χ4n) is 6.68. The van der Waals surface area contributed by atoms with Gasteiger partial charge >= 0.3 is 5.97 Å². The van der Waals surface area contributed by atoms with Crippen LogP contribution >= 0.6 is 0 Å². The van der Waals surface area contributed by atoms with Crippen LogP contribution in [0.1, 0.15) is 64.4 Å². The minimum Gasteiger partial charge on any atom is -0.461 e. The molecule has 2 aliphatic carbocycles. The molecule has 4 aliphatic rings. The molecule has 0 spiro atoms. The number of ether oxygens (including phenoxy) is 4. The highest BCUT2D eigenvalue weighted by molar-refractivity contribution is 5.81. The molecule has 1 saturated carbocycles. The van der Waals surface area contributed by atoms with Gasteiger partial charge < -0.3 is 18.9 Å². The van der Waals surface area contributed by atoms with Gasteiger partial charge in [-0.2, -0.15) is 0 Å². The fraction of sp³-hybridized carbons (Fsp3) is 0.679. The van der Waals surface area contributed by atoms with E-state index in [2.05, 4.69) is 32.1 Å². The van der Waals surface area contributed by atoms with E-state index in [0.717, 1.165) is 45.1 Å². The van der Waals surface area contributed by atoms with Crippen molar-refractivity contribution in [2.45, 2.75) is 77.8 Å². The van der Waals surface area contributed by atoms with Crippen molar-refractivity contribution in [3.8, 4) is 0 Å². The van der Waals surface area contributed by atoms with E-state index < -0.39 is 5.41 Å². The van der Waals surface area contributed by atoms with Gasteiger partial charge in [-0.25, -0.2) is 0 Å². The molecule has 6 atom stereocenters. The quantitative estimate of drug-likeness (QED) is 0.387. The van der Waals surface area contributed by atoms with Crippen molar-refractivity contribution in [1.82, 2.24) is 0 Å². The first-order chi connectivity index (χ1) is 16.0. The third-order valence-electron chi connectivity index (χ3n) is 8.64. The lowest BCUT2D eigenvalue weighted by atomic mass is 9.51. The van der Waals surface area contributed by atoms with Crippen molar-refractivity contribution in [2.24, 2.45) is 22.7 Å². The van der Waals surface area contributed by atoms with Crippen molar-refractivity contribution in [1.29, 1.82) is 0 Å². The Labute approximate surface area is 197 Å². The van der Waals surface area contributed by atoms with Crippen molar-refractivity contribution in [2.75, 3.05) is 19.8 Å². The van der Waals surface area contributed by atoms with E-state index in [-0.39, 0.29) is 35.6 Å². The van der Waals surface area contributed by atoms with Crippen LogP contribution in [0.2, 0.25) is 0 Å². The number of carbonyl (C=O) groups excluding carboxylic acids is 1. The van der Waals surface area contributed by atoms with Crippen molar-refractivity contribution >= 4 is 5.97 Å². The summed E-state index contributed by atoms with van der Waals surface area (Å²) in [5, 5.41) is 0. The van der Waals surface area contributed by atoms with Gasteiger partial charge in [0.1, 0.15) is 6.10 Å². The number of carbonyl (C=O) groups is 1. The molecule has 2 saturated heterocycles. The lowest BCUT2D eigenvalue weighted by Gasteiger charge is -2.50. The van der Waals surface area contributed by atoms with Gasteiger partial charge in [-0.1, -0.05) is 55.8 Å². The summed E-state index contributed by atoms with van der Waals surface area (Å²) in [6.45, 7) is 7.13. The van der Waals surface area contributed by atoms with Gasteiger partial charge in [-0.3, -0.25) is 4.79 Å². The monoisotopic (exact) mass is 454 g/mol. The maximum Gasteiger partial charge on any atom is 0.313 e. The van der Waals surface area contributed by atoms with Crippen molar-refractivity contribution in [3.63, 3.8) is 0 Å². The van der Waals surface area contributed by atoms with Gasteiger partial charge in [-0.05, 0) is 56.4 Å². The summed E-state index contributed by atoms with van der Waals surface area (Å²) in [5.74, 6) is 0.356. The van der Waals surface area contributed by atoms with Gasteiger partial charge in [0.25, 0.3) is 0 Å². The Kier molecular flexibility index (Phi) is 6.65. The van der Waals surface area contributed by atoms with E-state index in [9.17, 15) is 4.79 Å². The van der Waals surface area contributed by atoms with E-state index in [1.807, 2.05) is 18.2 Å². The summed E-state index contributed by atoms with van der Waals surface area (Å²) in [7, 11) is 0. The first kappa shape index (κ1) is 23.1. The predicted octanol–water partition coefficient (Wildman–Crippen LogP) is 5.43. The highest BCUT2D eigenvalue weighted by atomic mass is 16.7. The standard InChI is InChI=1S/C28H38O5/c1-20-11-12-22-25-23(13-14-27(22,2)19-30-18-21-8-4-3-5-9-21)33-26(29)28(20,25)15-17-32-24-10-6-7-16-31-24/h3-5,8-9,12,20,23-25H,6-7,10-11,13-19H2,1-2H3/t20-,23-,24?,25+,27+,28+/m1/s1. The van der Waals surface area contributed by atoms with E-state index in [0.29, 0.717) is 26.2 Å². The van der Waals surface area contributed by atoms with Crippen molar-refractivity contribution < 1.29 is 23.7 Å². The lowest BCUT2D eigenvalue weighted by molar-refractivity contribution is -0.172. The fourth-order valence-corrected chi connectivity index (χ4v) is 6.68. The summed E-state index contributed by atoms with van der Waals surface area (Å²) in [6, 6.07) is 10.3. The first-order valence-corrected chi connectivity index (χ1v) is 12.8. The molecule has 1 unspecified atom stereocenters. The zero-order valence-electron chi connectivity index (χ0n) is 20.1. The third-order valence-corrected chi connectivity index (χ3v) is 8.64. The number of hydrogen-bond acceptors (Lipinski definition) is 5. The highest BCUT2D eigenvalue weighted by Crippen LogP contribution is 2.62. The molecule has 5 heteroatoms. The van der Waals surface area contributed by atoms with Crippen LogP contribution in [-0.4, -0.2) is 38.2 Å². The molecule has 0 amide bonds. The van der Waals surface area contributed by atoms with Crippen LogP contribution in [0.25, 0.3) is 0 Å². The molecule has 180 valence electrons. The maximum atomic E-state index is 13.4. The topological polar surface area (TPSA) is 54.0 Å². The molecule has 5 rings (SSSR count). The molecule has 0 N–H and O–H groups in total. The number of allylic oxidation sites excluding steroid dienone is 1. The second-order valence-electron chi connectivity index (χ2n) is 10.8. The van der Waals surface area contributed by atoms with Crippen LogP contribution in [-0.2, 0) is 30.3 Å². The van der Waals surface area contributed by atoms with Crippen LogP contribution in [0.15, 0.2) is 42.0 Å². The summed E-state index contributed by atoms with van der Waals surface area (Å²) in [4.78, 5) is 13.4. The van der Waals surface area contributed by atoms with Gasteiger partial charge in [0, 0.05) is 17.9 Å². The van der Waals surface area contributed by atoms with Crippen LogP contribution < -0.4 is 0 Å². The molecule has 0 radical (unpaired) electrons. The molecule has 1 aromatic carbocycles. The second-order valence-corrected chi connectivity index (χ2v) is 10.8. The minimum absolute atomic E-state index is 0.0142. The molecule has 2 heterocycles. The summed E-state index contributed by atoms with van der Waals surface area (Å²) in [6.07, 6.45) is 8.95. The first-order valence-electron chi connectivity index (χ1n) is 12.8. The number of benzene rings is 1. The highest BCUT2D eigenvalue weighted by Gasteiger charge is 2.65. The number of rotatable bonds is 8. The molecule has 0 bridgehead atoms. The van der Waals surface area contributed by atoms with E-state index in [1.54, 1.807) is 0 Å². The molecule has 2 aliphatic heterocycles. The van der Waals surface area contributed by atoms with Gasteiger partial charge in [-0.15, -0.1) is 0 Å².